The molecule has 1 heterocycles. The highest BCUT2D eigenvalue weighted by Gasteiger charge is 2.13. The van der Waals surface area contributed by atoms with Crippen molar-refractivity contribution in [1.29, 1.82) is 0 Å². The predicted molar refractivity (Wildman–Crippen MR) is 72.2 cm³/mol. The number of aromatic nitrogens is 1. The maximum Gasteiger partial charge on any atom is 0.242 e. The van der Waals surface area contributed by atoms with Crippen molar-refractivity contribution in [3.05, 3.63) is 23.5 Å². The zero-order chi connectivity index (χ0) is 13.6. The topological polar surface area (TPSA) is 62.3 Å². The molecule has 0 unspecified atom stereocenters. The highest BCUT2D eigenvalue weighted by atomic mass is 35.5. The maximum atomic E-state index is 11.9. The van der Waals surface area contributed by atoms with Gasteiger partial charge in [-0.05, 0) is 25.2 Å². The third kappa shape index (κ3) is 4.53. The van der Waals surface area contributed by atoms with E-state index in [9.17, 15) is 8.42 Å². The number of pyridine rings is 1. The van der Waals surface area contributed by atoms with Crippen LogP contribution in [0.2, 0.25) is 5.15 Å². The Balaban J connectivity index is 2.57. The Kier molecular flexibility index (Phi) is 6.01. The van der Waals surface area contributed by atoms with Crippen LogP contribution in [0.1, 0.15) is 13.8 Å². The molecule has 0 bridgehead atoms. The number of hydrogen-bond donors (Lipinski definition) is 1. The highest BCUT2D eigenvalue weighted by Crippen LogP contribution is 2.10. The molecule has 0 aliphatic heterocycles. The summed E-state index contributed by atoms with van der Waals surface area (Å²) in [5.41, 5.74) is 0. The number of nitrogens with zero attached hydrogens (tertiary/aromatic N) is 2. The van der Waals surface area contributed by atoms with Gasteiger partial charge in [0, 0.05) is 19.3 Å². The third-order valence-corrected chi connectivity index (χ3v) is 4.29. The standard InChI is InChI=1S/C11H18ClN3O2S/c1-3-15(4-2)8-7-14-18(16,17)10-5-6-11(12)13-9-10/h5-6,9,14H,3-4,7-8H2,1-2H3. The molecule has 7 heteroatoms. The molecule has 0 aliphatic rings. The molecular formula is C11H18ClN3O2S. The maximum absolute atomic E-state index is 11.9. The molecule has 0 aliphatic carbocycles. The van der Waals surface area contributed by atoms with Crippen molar-refractivity contribution in [3.8, 4) is 0 Å². The second kappa shape index (κ2) is 7.04. The van der Waals surface area contributed by atoms with E-state index in [1.165, 1.54) is 18.3 Å². The third-order valence-electron chi connectivity index (χ3n) is 2.63. The number of halogens is 1. The fraction of sp³-hybridized carbons (Fsp3) is 0.545. The quantitative estimate of drug-likeness (QED) is 0.771. The Labute approximate surface area is 113 Å². The van der Waals surface area contributed by atoms with Gasteiger partial charge >= 0.3 is 0 Å². The Morgan fingerprint density at radius 2 is 2.00 bits per heavy atom. The van der Waals surface area contributed by atoms with Crippen molar-refractivity contribution >= 4 is 21.6 Å². The Morgan fingerprint density at radius 1 is 1.33 bits per heavy atom. The van der Waals surface area contributed by atoms with Crippen LogP contribution in [0.4, 0.5) is 0 Å². The monoisotopic (exact) mass is 291 g/mol. The number of rotatable bonds is 7. The summed E-state index contributed by atoms with van der Waals surface area (Å²) in [6.07, 6.45) is 1.25. The van der Waals surface area contributed by atoms with Crippen molar-refractivity contribution < 1.29 is 8.42 Å². The van der Waals surface area contributed by atoms with Gasteiger partial charge in [0.25, 0.3) is 0 Å². The summed E-state index contributed by atoms with van der Waals surface area (Å²) in [7, 11) is -3.49. The molecule has 18 heavy (non-hydrogen) atoms. The van der Waals surface area contributed by atoms with E-state index in [0.29, 0.717) is 13.1 Å². The molecule has 1 N–H and O–H groups in total. The van der Waals surface area contributed by atoms with Gasteiger partial charge in [-0.25, -0.2) is 18.1 Å². The first-order valence-corrected chi connectivity index (χ1v) is 7.69. The lowest BCUT2D eigenvalue weighted by Crippen LogP contribution is -2.34. The molecule has 0 amide bonds. The van der Waals surface area contributed by atoms with Crippen LogP contribution in [0.3, 0.4) is 0 Å². The number of likely N-dealkylation sites (N-methyl/N-ethyl adjacent to an activating group) is 1. The highest BCUT2D eigenvalue weighted by molar-refractivity contribution is 7.89. The number of nitrogens with one attached hydrogen (secondary N) is 1. The van der Waals surface area contributed by atoms with E-state index in [0.717, 1.165) is 13.1 Å². The normalized spacial score (nSPS) is 12.0. The summed E-state index contributed by atoms with van der Waals surface area (Å²) in [4.78, 5) is 6.03. The molecule has 5 nitrogen and oxygen atoms in total. The van der Waals surface area contributed by atoms with Gasteiger partial charge in [0.1, 0.15) is 10.0 Å². The molecule has 0 radical (unpaired) electrons. The van der Waals surface area contributed by atoms with Crippen LogP contribution in [0.5, 0.6) is 0 Å². The predicted octanol–water partition coefficient (Wildman–Crippen LogP) is 1.36. The Morgan fingerprint density at radius 3 is 2.50 bits per heavy atom. The first-order valence-electron chi connectivity index (χ1n) is 5.83. The van der Waals surface area contributed by atoms with Gasteiger partial charge in [0.15, 0.2) is 0 Å². The fourth-order valence-electron chi connectivity index (χ4n) is 1.48. The van der Waals surface area contributed by atoms with E-state index in [1.807, 2.05) is 13.8 Å². The Bertz CT molecular complexity index is 458. The van der Waals surface area contributed by atoms with Gasteiger partial charge in [0.05, 0.1) is 0 Å². The first-order chi connectivity index (χ1) is 8.49. The molecular weight excluding hydrogens is 274 g/mol. The summed E-state index contributed by atoms with van der Waals surface area (Å²) >= 11 is 5.61. The van der Waals surface area contributed by atoms with Gasteiger partial charge < -0.3 is 4.90 Å². The molecule has 1 rings (SSSR count). The minimum absolute atomic E-state index is 0.131. The molecule has 0 saturated carbocycles. The molecule has 0 fully saturated rings. The molecule has 102 valence electrons. The van der Waals surface area contributed by atoms with E-state index in [4.69, 9.17) is 11.6 Å². The second-order valence-electron chi connectivity index (χ2n) is 3.74. The second-order valence-corrected chi connectivity index (χ2v) is 5.90. The van der Waals surface area contributed by atoms with Gasteiger partial charge in [-0.15, -0.1) is 0 Å². The first kappa shape index (κ1) is 15.4. The lowest BCUT2D eigenvalue weighted by Gasteiger charge is -2.17. The molecule has 0 atom stereocenters. The zero-order valence-electron chi connectivity index (χ0n) is 10.6. The lowest BCUT2D eigenvalue weighted by molar-refractivity contribution is 0.309. The van der Waals surface area contributed by atoms with E-state index < -0.39 is 10.0 Å². The average molecular weight is 292 g/mol. The SMILES string of the molecule is CCN(CC)CCNS(=O)(=O)c1ccc(Cl)nc1. The fourth-order valence-corrected chi connectivity index (χ4v) is 2.56. The van der Waals surface area contributed by atoms with Crippen molar-refractivity contribution in [3.63, 3.8) is 0 Å². The van der Waals surface area contributed by atoms with Crippen LogP contribution in [-0.2, 0) is 10.0 Å². The van der Waals surface area contributed by atoms with Crippen LogP contribution in [0, 0.1) is 0 Å². The van der Waals surface area contributed by atoms with Crippen LogP contribution < -0.4 is 4.72 Å². The van der Waals surface area contributed by atoms with Gasteiger partial charge in [-0.1, -0.05) is 25.4 Å². The molecule has 0 aromatic carbocycles. The molecule has 0 spiro atoms. The van der Waals surface area contributed by atoms with Crippen LogP contribution >= 0.6 is 11.6 Å². The van der Waals surface area contributed by atoms with E-state index >= 15 is 0 Å². The van der Waals surface area contributed by atoms with Crippen LogP contribution in [0.25, 0.3) is 0 Å². The minimum Gasteiger partial charge on any atom is -0.303 e. The van der Waals surface area contributed by atoms with Crippen molar-refractivity contribution in [1.82, 2.24) is 14.6 Å². The van der Waals surface area contributed by atoms with E-state index in [-0.39, 0.29) is 10.0 Å². The summed E-state index contributed by atoms with van der Waals surface area (Å²) in [5, 5.41) is 0.275. The van der Waals surface area contributed by atoms with Gasteiger partial charge in [-0.2, -0.15) is 0 Å². The molecule has 1 aromatic rings. The minimum atomic E-state index is -3.49. The number of sulfonamides is 1. The zero-order valence-corrected chi connectivity index (χ0v) is 12.1. The average Bonchev–Trinajstić information content (AvgIpc) is 2.35. The molecule has 1 aromatic heterocycles. The lowest BCUT2D eigenvalue weighted by atomic mass is 10.5. The van der Waals surface area contributed by atoms with Gasteiger partial charge in [-0.3, -0.25) is 0 Å². The van der Waals surface area contributed by atoms with Crippen LogP contribution in [-0.4, -0.2) is 44.5 Å². The largest absolute Gasteiger partial charge is 0.303 e. The summed E-state index contributed by atoms with van der Waals surface area (Å²) in [6.45, 7) is 6.96. The van der Waals surface area contributed by atoms with Crippen LogP contribution in [0.15, 0.2) is 23.2 Å². The van der Waals surface area contributed by atoms with Crippen molar-refractivity contribution in [2.24, 2.45) is 0 Å². The van der Waals surface area contributed by atoms with E-state index in [2.05, 4.69) is 14.6 Å². The van der Waals surface area contributed by atoms with Gasteiger partial charge in [0.2, 0.25) is 10.0 Å². The van der Waals surface area contributed by atoms with Crippen molar-refractivity contribution in [2.75, 3.05) is 26.2 Å². The Hall–Kier alpha value is -0.690. The molecule has 0 saturated heterocycles. The van der Waals surface area contributed by atoms with E-state index in [1.54, 1.807) is 0 Å². The summed E-state index contributed by atoms with van der Waals surface area (Å²) < 4.78 is 26.3. The summed E-state index contributed by atoms with van der Waals surface area (Å²) in [6, 6.07) is 2.90. The smallest absolute Gasteiger partial charge is 0.242 e. The number of hydrogen-bond acceptors (Lipinski definition) is 4. The summed E-state index contributed by atoms with van der Waals surface area (Å²) in [5.74, 6) is 0. The van der Waals surface area contributed by atoms with Crippen molar-refractivity contribution in [2.45, 2.75) is 18.7 Å².